The summed E-state index contributed by atoms with van der Waals surface area (Å²) < 4.78 is 0. The van der Waals surface area contributed by atoms with Crippen molar-refractivity contribution in [3.05, 3.63) is 39.2 Å². The monoisotopic (exact) mass is 267 g/mol. The van der Waals surface area contributed by atoms with Crippen LogP contribution in [0.1, 0.15) is 16.7 Å². The predicted octanol–water partition coefficient (Wildman–Crippen LogP) is 3.54. The topological polar surface area (TPSA) is 37.8 Å². The van der Waals surface area contributed by atoms with Crippen LogP contribution in [0.3, 0.4) is 0 Å². The molecule has 2 rings (SSSR count). The molecule has 0 bridgehead atoms. The first kappa shape index (κ1) is 12.3. The zero-order chi connectivity index (χ0) is 12.3. The highest BCUT2D eigenvalue weighted by Crippen LogP contribution is 2.18. The van der Waals surface area contributed by atoms with E-state index in [9.17, 15) is 0 Å². The van der Waals surface area contributed by atoms with Crippen molar-refractivity contribution >= 4 is 28.8 Å². The van der Waals surface area contributed by atoms with Crippen LogP contribution in [-0.2, 0) is 6.42 Å². The number of aromatic nitrogens is 2. The van der Waals surface area contributed by atoms with Gasteiger partial charge in [0, 0.05) is 22.2 Å². The van der Waals surface area contributed by atoms with Crippen molar-refractivity contribution in [2.75, 3.05) is 5.32 Å². The Morgan fingerprint density at radius 3 is 2.71 bits per heavy atom. The molecule has 90 valence electrons. The molecule has 0 aliphatic rings. The van der Waals surface area contributed by atoms with Gasteiger partial charge in [-0.15, -0.1) is 21.5 Å². The minimum Gasteiger partial charge on any atom is -0.366 e. The first-order valence-corrected chi connectivity index (χ1v) is 6.64. The van der Waals surface area contributed by atoms with Crippen LogP contribution in [0.2, 0.25) is 5.15 Å². The molecule has 0 radical (unpaired) electrons. The lowest BCUT2D eigenvalue weighted by Crippen LogP contribution is -2.18. The van der Waals surface area contributed by atoms with E-state index in [-0.39, 0.29) is 0 Å². The lowest BCUT2D eigenvalue weighted by atomic mass is 10.2. The molecule has 0 aliphatic heterocycles. The Morgan fingerprint density at radius 2 is 2.12 bits per heavy atom. The van der Waals surface area contributed by atoms with Gasteiger partial charge >= 0.3 is 0 Å². The number of thiophene rings is 1. The Bertz CT molecular complexity index is 481. The molecule has 17 heavy (non-hydrogen) atoms. The van der Waals surface area contributed by atoms with Gasteiger partial charge in [0.25, 0.3) is 0 Å². The Hall–Kier alpha value is -1.13. The fraction of sp³-hybridized carbons (Fsp3) is 0.333. The average molecular weight is 268 g/mol. The quantitative estimate of drug-likeness (QED) is 0.921. The van der Waals surface area contributed by atoms with E-state index in [4.69, 9.17) is 11.6 Å². The van der Waals surface area contributed by atoms with Crippen LogP contribution in [0.25, 0.3) is 0 Å². The first-order chi connectivity index (χ1) is 8.13. The third kappa shape index (κ3) is 3.68. The molecule has 5 heteroatoms. The molecule has 1 atom stereocenters. The van der Waals surface area contributed by atoms with E-state index in [2.05, 4.69) is 41.5 Å². The number of aryl methyl sites for hydroxylation is 1. The Kier molecular flexibility index (Phi) is 3.97. The number of anilines is 1. The predicted molar refractivity (Wildman–Crippen MR) is 72.9 cm³/mol. The SMILES string of the molecule is Cc1ccc(CC(C)Nc2ccc(Cl)nn2)s1. The van der Waals surface area contributed by atoms with Crippen molar-refractivity contribution in [2.24, 2.45) is 0 Å². The van der Waals surface area contributed by atoms with E-state index in [1.165, 1.54) is 9.75 Å². The third-order valence-corrected chi connectivity index (χ3v) is 3.55. The van der Waals surface area contributed by atoms with Crippen LogP contribution in [0, 0.1) is 6.92 Å². The summed E-state index contributed by atoms with van der Waals surface area (Å²) in [4.78, 5) is 2.72. The molecular formula is C12H14ClN3S. The molecule has 0 fully saturated rings. The second kappa shape index (κ2) is 5.47. The van der Waals surface area contributed by atoms with Crippen LogP contribution in [-0.4, -0.2) is 16.2 Å². The van der Waals surface area contributed by atoms with Gasteiger partial charge in [0.05, 0.1) is 0 Å². The van der Waals surface area contributed by atoms with Crippen LogP contribution in [0.5, 0.6) is 0 Å². The van der Waals surface area contributed by atoms with Crippen molar-refractivity contribution in [1.82, 2.24) is 10.2 Å². The summed E-state index contributed by atoms with van der Waals surface area (Å²) >= 11 is 7.51. The number of halogens is 1. The molecule has 1 N–H and O–H groups in total. The number of nitrogens with zero attached hydrogens (tertiary/aromatic N) is 2. The summed E-state index contributed by atoms with van der Waals surface area (Å²) in [6.45, 7) is 4.25. The van der Waals surface area contributed by atoms with Crippen molar-refractivity contribution in [3.8, 4) is 0 Å². The molecule has 2 aromatic rings. The fourth-order valence-corrected chi connectivity index (χ4v) is 2.71. The second-order valence-corrected chi connectivity index (χ2v) is 5.76. The van der Waals surface area contributed by atoms with Gasteiger partial charge < -0.3 is 5.32 Å². The second-order valence-electron chi connectivity index (χ2n) is 4.00. The Labute approximate surface area is 110 Å². The van der Waals surface area contributed by atoms with E-state index >= 15 is 0 Å². The van der Waals surface area contributed by atoms with E-state index in [0.717, 1.165) is 12.2 Å². The van der Waals surface area contributed by atoms with Gasteiger partial charge in [-0.25, -0.2) is 0 Å². The minimum atomic E-state index is 0.323. The summed E-state index contributed by atoms with van der Waals surface area (Å²) in [5.74, 6) is 0.759. The summed E-state index contributed by atoms with van der Waals surface area (Å²) in [6, 6.07) is 8.22. The molecule has 0 amide bonds. The van der Waals surface area contributed by atoms with Gasteiger partial charge in [-0.3, -0.25) is 0 Å². The Balaban J connectivity index is 1.93. The summed E-state index contributed by atoms with van der Waals surface area (Å²) in [7, 11) is 0. The van der Waals surface area contributed by atoms with Gasteiger partial charge in [-0.2, -0.15) is 0 Å². The highest BCUT2D eigenvalue weighted by atomic mass is 35.5. The van der Waals surface area contributed by atoms with Gasteiger partial charge in [0.15, 0.2) is 5.15 Å². The normalized spacial score (nSPS) is 12.4. The van der Waals surface area contributed by atoms with E-state index in [0.29, 0.717) is 11.2 Å². The van der Waals surface area contributed by atoms with Crippen LogP contribution >= 0.6 is 22.9 Å². The van der Waals surface area contributed by atoms with Crippen molar-refractivity contribution in [2.45, 2.75) is 26.3 Å². The smallest absolute Gasteiger partial charge is 0.151 e. The molecule has 3 nitrogen and oxygen atoms in total. The van der Waals surface area contributed by atoms with Crippen LogP contribution < -0.4 is 5.32 Å². The molecule has 0 saturated carbocycles. The summed E-state index contributed by atoms with van der Waals surface area (Å²) in [5.41, 5.74) is 0. The summed E-state index contributed by atoms with van der Waals surface area (Å²) in [5, 5.41) is 11.5. The number of rotatable bonds is 4. The molecule has 2 heterocycles. The number of hydrogen-bond acceptors (Lipinski definition) is 4. The van der Waals surface area contributed by atoms with Crippen LogP contribution in [0.4, 0.5) is 5.82 Å². The maximum absolute atomic E-state index is 5.68. The molecule has 2 aromatic heterocycles. The Morgan fingerprint density at radius 1 is 1.29 bits per heavy atom. The van der Waals surface area contributed by atoms with Gasteiger partial charge in [0.2, 0.25) is 0 Å². The van der Waals surface area contributed by atoms with Gasteiger partial charge in [-0.1, -0.05) is 11.6 Å². The first-order valence-electron chi connectivity index (χ1n) is 5.44. The standard InChI is InChI=1S/C12H14ClN3S/c1-8(7-10-4-3-9(2)17-10)14-12-6-5-11(13)15-16-12/h3-6,8H,7H2,1-2H3,(H,14,16). The summed E-state index contributed by atoms with van der Waals surface area (Å²) in [6.07, 6.45) is 0.989. The minimum absolute atomic E-state index is 0.323. The van der Waals surface area contributed by atoms with E-state index < -0.39 is 0 Å². The van der Waals surface area contributed by atoms with Crippen molar-refractivity contribution < 1.29 is 0 Å². The lowest BCUT2D eigenvalue weighted by Gasteiger charge is -2.12. The number of nitrogens with one attached hydrogen (secondary N) is 1. The van der Waals surface area contributed by atoms with E-state index in [1.54, 1.807) is 6.07 Å². The molecule has 0 saturated heterocycles. The average Bonchev–Trinajstić information content (AvgIpc) is 2.67. The molecule has 0 spiro atoms. The van der Waals surface area contributed by atoms with Gasteiger partial charge in [0.1, 0.15) is 5.82 Å². The van der Waals surface area contributed by atoms with E-state index in [1.807, 2.05) is 17.4 Å². The number of hydrogen-bond donors (Lipinski definition) is 1. The fourth-order valence-electron chi connectivity index (χ4n) is 1.59. The lowest BCUT2D eigenvalue weighted by molar-refractivity contribution is 0.788. The zero-order valence-corrected chi connectivity index (χ0v) is 11.3. The molecular weight excluding hydrogens is 254 g/mol. The molecule has 1 unspecified atom stereocenters. The zero-order valence-electron chi connectivity index (χ0n) is 9.77. The maximum atomic E-state index is 5.68. The van der Waals surface area contributed by atoms with Crippen molar-refractivity contribution in [1.29, 1.82) is 0 Å². The van der Waals surface area contributed by atoms with Crippen LogP contribution in [0.15, 0.2) is 24.3 Å². The maximum Gasteiger partial charge on any atom is 0.151 e. The largest absolute Gasteiger partial charge is 0.366 e. The highest BCUT2D eigenvalue weighted by Gasteiger charge is 2.06. The van der Waals surface area contributed by atoms with Crippen molar-refractivity contribution in [3.63, 3.8) is 0 Å². The highest BCUT2D eigenvalue weighted by molar-refractivity contribution is 7.11. The van der Waals surface area contributed by atoms with Gasteiger partial charge in [-0.05, 0) is 38.1 Å². The molecule has 0 aliphatic carbocycles. The molecule has 0 aromatic carbocycles. The third-order valence-electron chi connectivity index (χ3n) is 2.33.